The molecule has 1 fully saturated rings. The van der Waals surface area contributed by atoms with E-state index in [0.717, 1.165) is 37.0 Å². The van der Waals surface area contributed by atoms with Gasteiger partial charge in [0.15, 0.2) is 15.8 Å². The van der Waals surface area contributed by atoms with Gasteiger partial charge in [0, 0.05) is 32.4 Å². The van der Waals surface area contributed by atoms with Gasteiger partial charge < -0.3 is 15.5 Å². The number of hydrogen-bond acceptors (Lipinski definition) is 4. The smallest absolute Gasteiger partial charge is 0.191 e. The highest BCUT2D eigenvalue weighted by atomic mass is 32.2. The number of aliphatic imine (C=N–C) groups is 1. The topological polar surface area (TPSA) is 73.8 Å². The molecule has 25 heavy (non-hydrogen) atoms. The molecule has 6 nitrogen and oxygen atoms in total. The minimum atomic E-state index is -3.13. The van der Waals surface area contributed by atoms with Crippen LogP contribution in [-0.4, -0.2) is 65.8 Å². The van der Waals surface area contributed by atoms with Crippen LogP contribution >= 0.6 is 0 Å². The maximum Gasteiger partial charge on any atom is 0.191 e. The molecular formula is C18H30N4O2S. The standard InChI is InChI=1S/C18H30N4O2S/c1-19-18(21-13-17(22(2)3)15-7-8-15)20-12-11-14-5-9-16(10-6-14)25(4,23)24/h5-6,9-10,15,17H,7-8,11-13H2,1-4H3,(H2,19,20,21). The first kappa shape index (κ1) is 19.7. The average Bonchev–Trinajstić information content (AvgIpc) is 3.37. The van der Waals surface area contributed by atoms with Crippen molar-refractivity contribution in [2.45, 2.75) is 30.2 Å². The van der Waals surface area contributed by atoms with Crippen molar-refractivity contribution in [2.24, 2.45) is 10.9 Å². The number of rotatable bonds is 8. The largest absolute Gasteiger partial charge is 0.356 e. The molecule has 0 radical (unpaired) electrons. The van der Waals surface area contributed by atoms with Gasteiger partial charge in [0.2, 0.25) is 0 Å². The Morgan fingerprint density at radius 2 is 1.88 bits per heavy atom. The van der Waals surface area contributed by atoms with Gasteiger partial charge in [-0.3, -0.25) is 4.99 Å². The summed E-state index contributed by atoms with van der Waals surface area (Å²) in [5.74, 6) is 1.61. The molecule has 0 amide bonds. The van der Waals surface area contributed by atoms with E-state index in [1.165, 1.54) is 19.1 Å². The number of nitrogens with zero attached hydrogens (tertiary/aromatic N) is 2. The highest BCUT2D eigenvalue weighted by molar-refractivity contribution is 7.90. The summed E-state index contributed by atoms with van der Waals surface area (Å²) in [4.78, 5) is 6.91. The van der Waals surface area contributed by atoms with E-state index < -0.39 is 9.84 Å². The van der Waals surface area contributed by atoms with Gasteiger partial charge in [0.25, 0.3) is 0 Å². The molecule has 0 heterocycles. The maximum absolute atomic E-state index is 11.5. The van der Waals surface area contributed by atoms with Gasteiger partial charge in [-0.05, 0) is 57.0 Å². The number of benzene rings is 1. The van der Waals surface area contributed by atoms with Crippen LogP contribution in [0.1, 0.15) is 18.4 Å². The van der Waals surface area contributed by atoms with Gasteiger partial charge in [-0.15, -0.1) is 0 Å². The third-order valence-corrected chi connectivity index (χ3v) is 5.72. The van der Waals surface area contributed by atoms with Gasteiger partial charge in [0.05, 0.1) is 4.90 Å². The van der Waals surface area contributed by atoms with Crippen LogP contribution in [0.25, 0.3) is 0 Å². The lowest BCUT2D eigenvalue weighted by Gasteiger charge is -2.25. The highest BCUT2D eigenvalue weighted by Crippen LogP contribution is 2.34. The summed E-state index contributed by atoms with van der Waals surface area (Å²) in [6.07, 6.45) is 4.67. The van der Waals surface area contributed by atoms with Crippen molar-refractivity contribution in [3.63, 3.8) is 0 Å². The number of nitrogens with one attached hydrogen (secondary N) is 2. The molecule has 0 spiro atoms. The summed E-state index contributed by atoms with van der Waals surface area (Å²) >= 11 is 0. The van der Waals surface area contributed by atoms with Crippen LogP contribution < -0.4 is 10.6 Å². The average molecular weight is 367 g/mol. The van der Waals surface area contributed by atoms with Crippen LogP contribution in [0, 0.1) is 5.92 Å². The molecule has 0 saturated heterocycles. The Kier molecular flexibility index (Phi) is 6.84. The molecule has 7 heteroatoms. The lowest BCUT2D eigenvalue weighted by molar-refractivity contribution is 0.264. The molecule has 140 valence electrons. The van der Waals surface area contributed by atoms with Crippen molar-refractivity contribution >= 4 is 15.8 Å². The zero-order valence-electron chi connectivity index (χ0n) is 15.6. The monoisotopic (exact) mass is 366 g/mol. The van der Waals surface area contributed by atoms with Gasteiger partial charge in [0.1, 0.15) is 0 Å². The lowest BCUT2D eigenvalue weighted by atomic mass is 10.1. The lowest BCUT2D eigenvalue weighted by Crippen LogP contribution is -2.46. The Balaban J connectivity index is 1.77. The van der Waals surface area contributed by atoms with Crippen molar-refractivity contribution in [1.82, 2.24) is 15.5 Å². The first-order chi connectivity index (χ1) is 11.8. The highest BCUT2D eigenvalue weighted by Gasteiger charge is 2.32. The van der Waals surface area contributed by atoms with Gasteiger partial charge in [-0.2, -0.15) is 0 Å². The van der Waals surface area contributed by atoms with Gasteiger partial charge in [-0.25, -0.2) is 8.42 Å². The summed E-state index contributed by atoms with van der Waals surface area (Å²) in [6.45, 7) is 1.63. The predicted molar refractivity (Wildman–Crippen MR) is 103 cm³/mol. The Hall–Kier alpha value is -1.60. The number of sulfone groups is 1. The van der Waals surface area contributed by atoms with E-state index in [0.29, 0.717) is 10.9 Å². The summed E-state index contributed by atoms with van der Waals surface area (Å²) in [7, 11) is 2.90. The minimum Gasteiger partial charge on any atom is -0.356 e. The molecule has 1 atom stereocenters. The van der Waals surface area contributed by atoms with Gasteiger partial charge in [-0.1, -0.05) is 12.1 Å². The van der Waals surface area contributed by atoms with E-state index in [9.17, 15) is 8.42 Å². The second kappa shape index (κ2) is 8.67. The third-order valence-electron chi connectivity index (χ3n) is 4.59. The molecule has 0 aromatic heterocycles. The first-order valence-electron chi connectivity index (χ1n) is 8.71. The zero-order chi connectivity index (χ0) is 18.4. The SMILES string of the molecule is CN=C(NCCc1ccc(S(C)(=O)=O)cc1)NCC(C1CC1)N(C)C. The first-order valence-corrected chi connectivity index (χ1v) is 10.6. The summed E-state index contributed by atoms with van der Waals surface area (Å²) < 4.78 is 22.9. The summed E-state index contributed by atoms with van der Waals surface area (Å²) in [5.41, 5.74) is 1.10. The molecule has 1 aliphatic rings. The molecule has 1 aromatic carbocycles. The molecule has 0 bridgehead atoms. The minimum absolute atomic E-state index is 0.358. The normalized spacial score (nSPS) is 16.8. The van der Waals surface area contributed by atoms with Crippen LogP contribution in [0.5, 0.6) is 0 Å². The van der Waals surface area contributed by atoms with E-state index in [-0.39, 0.29) is 0 Å². The van der Waals surface area contributed by atoms with Crippen molar-refractivity contribution < 1.29 is 8.42 Å². The van der Waals surface area contributed by atoms with Crippen molar-refractivity contribution in [1.29, 1.82) is 0 Å². The molecule has 2 rings (SSSR count). The molecule has 1 aliphatic carbocycles. The molecular weight excluding hydrogens is 336 g/mol. The summed E-state index contributed by atoms with van der Waals surface area (Å²) in [6, 6.07) is 7.60. The molecule has 1 unspecified atom stereocenters. The van der Waals surface area contributed by atoms with Crippen molar-refractivity contribution in [3.05, 3.63) is 29.8 Å². The second-order valence-electron chi connectivity index (χ2n) is 6.91. The van der Waals surface area contributed by atoms with E-state index in [2.05, 4.69) is 34.6 Å². The Bertz CT molecular complexity index is 678. The number of hydrogen-bond donors (Lipinski definition) is 2. The van der Waals surface area contributed by atoms with Crippen LogP contribution in [0.3, 0.4) is 0 Å². The van der Waals surface area contributed by atoms with Crippen LogP contribution in [0.2, 0.25) is 0 Å². The Labute approximate surface area is 151 Å². The fraction of sp³-hybridized carbons (Fsp3) is 0.611. The zero-order valence-corrected chi connectivity index (χ0v) is 16.4. The predicted octanol–water partition coefficient (Wildman–Crippen LogP) is 1.14. The van der Waals surface area contributed by atoms with Crippen LogP contribution in [0.4, 0.5) is 0 Å². The molecule has 0 aliphatic heterocycles. The second-order valence-corrected chi connectivity index (χ2v) is 8.93. The van der Waals surface area contributed by atoms with E-state index in [1.807, 2.05) is 12.1 Å². The maximum atomic E-state index is 11.5. The molecule has 1 aromatic rings. The molecule has 1 saturated carbocycles. The quantitative estimate of drug-likeness (QED) is 0.533. The van der Waals surface area contributed by atoms with Gasteiger partial charge >= 0.3 is 0 Å². The number of guanidine groups is 1. The van der Waals surface area contributed by atoms with Crippen LogP contribution in [0.15, 0.2) is 34.2 Å². The fourth-order valence-electron chi connectivity index (χ4n) is 2.90. The summed E-state index contributed by atoms with van der Waals surface area (Å²) in [5, 5.41) is 6.72. The van der Waals surface area contributed by atoms with Crippen LogP contribution in [-0.2, 0) is 16.3 Å². The third kappa shape index (κ3) is 6.32. The van der Waals surface area contributed by atoms with E-state index in [1.54, 1.807) is 19.2 Å². The van der Waals surface area contributed by atoms with E-state index >= 15 is 0 Å². The Morgan fingerprint density at radius 3 is 2.36 bits per heavy atom. The fourth-order valence-corrected chi connectivity index (χ4v) is 3.53. The molecule has 2 N–H and O–H groups in total. The van der Waals surface area contributed by atoms with Crippen molar-refractivity contribution in [2.75, 3.05) is 40.5 Å². The number of likely N-dealkylation sites (N-methyl/N-ethyl adjacent to an activating group) is 1. The van der Waals surface area contributed by atoms with Crippen molar-refractivity contribution in [3.8, 4) is 0 Å². The Morgan fingerprint density at radius 1 is 1.24 bits per heavy atom. The van der Waals surface area contributed by atoms with E-state index in [4.69, 9.17) is 0 Å².